The van der Waals surface area contributed by atoms with Crippen molar-refractivity contribution in [3.63, 3.8) is 0 Å². The lowest BCUT2D eigenvalue weighted by molar-refractivity contribution is 0.637. The standard InChI is InChI=1S/C14H14Br3NS/c1-3-18-13(12-7-11(16)14(17)19-12)9-5-4-8(2)6-10(9)15/h4-7,13,18H,3H2,1-2H3. The van der Waals surface area contributed by atoms with Crippen molar-refractivity contribution in [3.05, 3.63) is 53.0 Å². The van der Waals surface area contributed by atoms with Crippen LogP contribution in [0.1, 0.15) is 29.0 Å². The third-order valence-electron chi connectivity index (χ3n) is 2.82. The van der Waals surface area contributed by atoms with Crippen molar-refractivity contribution in [2.45, 2.75) is 19.9 Å². The summed E-state index contributed by atoms with van der Waals surface area (Å²) >= 11 is 12.6. The molecule has 1 unspecified atom stereocenters. The van der Waals surface area contributed by atoms with Crippen LogP contribution in [0.3, 0.4) is 0 Å². The minimum Gasteiger partial charge on any atom is -0.306 e. The Hall–Kier alpha value is 0.320. The molecule has 5 heteroatoms. The maximum atomic E-state index is 3.68. The molecule has 2 aromatic rings. The molecule has 1 atom stereocenters. The van der Waals surface area contributed by atoms with E-state index in [1.165, 1.54) is 16.0 Å². The molecule has 0 aliphatic rings. The van der Waals surface area contributed by atoms with Gasteiger partial charge in [0.05, 0.1) is 9.83 Å². The van der Waals surface area contributed by atoms with Crippen molar-refractivity contribution < 1.29 is 0 Å². The maximum Gasteiger partial charge on any atom is 0.0843 e. The summed E-state index contributed by atoms with van der Waals surface area (Å²) < 4.78 is 3.39. The SMILES string of the molecule is CCNC(c1cc(Br)c(Br)s1)c1ccc(C)cc1Br. The summed E-state index contributed by atoms with van der Waals surface area (Å²) in [5.41, 5.74) is 2.54. The van der Waals surface area contributed by atoms with E-state index in [9.17, 15) is 0 Å². The fourth-order valence-corrected chi connectivity index (χ4v) is 4.85. The summed E-state index contributed by atoms with van der Waals surface area (Å²) in [6, 6.07) is 8.90. The van der Waals surface area contributed by atoms with Gasteiger partial charge in [0.15, 0.2) is 0 Å². The van der Waals surface area contributed by atoms with Gasteiger partial charge in [0, 0.05) is 13.8 Å². The quantitative estimate of drug-likeness (QED) is 0.577. The predicted octanol–water partition coefficient (Wildman–Crippen LogP) is 6.04. The fourth-order valence-electron chi connectivity index (χ4n) is 1.94. The number of hydrogen-bond acceptors (Lipinski definition) is 2. The van der Waals surface area contributed by atoms with E-state index in [-0.39, 0.29) is 6.04 Å². The molecular weight excluding hydrogens is 454 g/mol. The highest BCUT2D eigenvalue weighted by Crippen LogP contribution is 2.39. The van der Waals surface area contributed by atoms with Gasteiger partial charge < -0.3 is 5.32 Å². The van der Waals surface area contributed by atoms with Crippen molar-refractivity contribution in [1.29, 1.82) is 0 Å². The van der Waals surface area contributed by atoms with Gasteiger partial charge in [-0.25, -0.2) is 0 Å². The number of thiophene rings is 1. The van der Waals surface area contributed by atoms with Crippen molar-refractivity contribution in [1.82, 2.24) is 5.32 Å². The van der Waals surface area contributed by atoms with Crippen LogP contribution in [0.4, 0.5) is 0 Å². The predicted molar refractivity (Wildman–Crippen MR) is 94.1 cm³/mol. The lowest BCUT2D eigenvalue weighted by Crippen LogP contribution is -2.21. The molecule has 1 nitrogen and oxygen atoms in total. The zero-order valence-electron chi connectivity index (χ0n) is 10.6. The molecule has 0 fully saturated rings. The van der Waals surface area contributed by atoms with Crippen LogP contribution in [-0.2, 0) is 0 Å². The third kappa shape index (κ3) is 3.70. The van der Waals surface area contributed by atoms with Crippen LogP contribution in [0.2, 0.25) is 0 Å². The van der Waals surface area contributed by atoms with Gasteiger partial charge in [-0.15, -0.1) is 11.3 Å². The summed E-state index contributed by atoms with van der Waals surface area (Å²) in [6.07, 6.45) is 0. The molecule has 0 saturated heterocycles. The number of rotatable bonds is 4. The van der Waals surface area contributed by atoms with Gasteiger partial charge in [0.1, 0.15) is 0 Å². The fraction of sp³-hybridized carbons (Fsp3) is 0.286. The van der Waals surface area contributed by atoms with E-state index in [4.69, 9.17) is 0 Å². The van der Waals surface area contributed by atoms with Crippen molar-refractivity contribution in [2.75, 3.05) is 6.54 Å². The van der Waals surface area contributed by atoms with Gasteiger partial charge in [-0.2, -0.15) is 0 Å². The second-order valence-electron chi connectivity index (χ2n) is 4.29. The summed E-state index contributed by atoms with van der Waals surface area (Å²) in [7, 11) is 0. The Labute approximate surface area is 143 Å². The maximum absolute atomic E-state index is 3.68. The van der Waals surface area contributed by atoms with E-state index in [1.807, 2.05) is 0 Å². The monoisotopic (exact) mass is 465 g/mol. The Morgan fingerprint density at radius 2 is 1.89 bits per heavy atom. The zero-order valence-corrected chi connectivity index (χ0v) is 16.2. The minimum absolute atomic E-state index is 0.215. The Balaban J connectivity index is 2.44. The van der Waals surface area contributed by atoms with Crippen molar-refractivity contribution in [3.8, 4) is 0 Å². The number of hydrogen-bond donors (Lipinski definition) is 1. The summed E-state index contributed by atoms with van der Waals surface area (Å²) in [6.45, 7) is 5.17. The largest absolute Gasteiger partial charge is 0.306 e. The first kappa shape index (κ1) is 15.7. The number of halogens is 3. The molecule has 19 heavy (non-hydrogen) atoms. The first-order chi connectivity index (χ1) is 9.02. The number of benzene rings is 1. The molecular formula is C14H14Br3NS. The third-order valence-corrected chi connectivity index (χ3v) is 6.83. The van der Waals surface area contributed by atoms with Crippen LogP contribution < -0.4 is 5.32 Å². The lowest BCUT2D eigenvalue weighted by atomic mass is 10.0. The van der Waals surface area contributed by atoms with Crippen LogP contribution in [-0.4, -0.2) is 6.54 Å². The molecule has 0 aliphatic heterocycles. The van der Waals surface area contributed by atoms with E-state index >= 15 is 0 Å². The highest BCUT2D eigenvalue weighted by Gasteiger charge is 2.19. The second-order valence-corrected chi connectivity index (χ2v) is 8.40. The van der Waals surface area contributed by atoms with Crippen LogP contribution in [0, 0.1) is 6.92 Å². The molecule has 1 heterocycles. The van der Waals surface area contributed by atoms with Crippen molar-refractivity contribution in [2.24, 2.45) is 0 Å². The van der Waals surface area contributed by atoms with Gasteiger partial charge in [-0.05, 0) is 68.6 Å². The summed E-state index contributed by atoms with van der Waals surface area (Å²) in [4.78, 5) is 1.30. The van der Waals surface area contributed by atoms with Crippen LogP contribution in [0.5, 0.6) is 0 Å². The molecule has 1 N–H and O–H groups in total. The average Bonchev–Trinajstić information content (AvgIpc) is 2.67. The smallest absolute Gasteiger partial charge is 0.0843 e. The summed E-state index contributed by atoms with van der Waals surface area (Å²) in [5.74, 6) is 0. The molecule has 0 spiro atoms. The molecule has 2 rings (SSSR count). The molecule has 0 bridgehead atoms. The Kier molecular flexibility index (Phi) is 5.66. The van der Waals surface area contributed by atoms with Crippen molar-refractivity contribution >= 4 is 59.1 Å². The van der Waals surface area contributed by atoms with E-state index in [0.29, 0.717) is 0 Å². The molecule has 1 aromatic heterocycles. The first-order valence-electron chi connectivity index (χ1n) is 5.97. The van der Waals surface area contributed by atoms with E-state index in [0.717, 1.165) is 19.3 Å². The molecule has 0 radical (unpaired) electrons. The topological polar surface area (TPSA) is 12.0 Å². The Morgan fingerprint density at radius 3 is 2.42 bits per heavy atom. The molecule has 0 aliphatic carbocycles. The Bertz CT molecular complexity index is 561. The number of aryl methyl sites for hydroxylation is 1. The first-order valence-corrected chi connectivity index (χ1v) is 9.16. The van der Waals surface area contributed by atoms with Crippen LogP contribution in [0.15, 0.2) is 37.0 Å². The normalized spacial score (nSPS) is 12.7. The van der Waals surface area contributed by atoms with Crippen LogP contribution >= 0.6 is 59.1 Å². The lowest BCUT2D eigenvalue weighted by Gasteiger charge is -2.18. The van der Waals surface area contributed by atoms with E-state index in [2.05, 4.69) is 91.2 Å². The minimum atomic E-state index is 0.215. The average molecular weight is 468 g/mol. The molecule has 1 aromatic carbocycles. The number of nitrogens with one attached hydrogen (secondary N) is 1. The van der Waals surface area contributed by atoms with Gasteiger partial charge in [0.2, 0.25) is 0 Å². The summed E-state index contributed by atoms with van der Waals surface area (Å²) in [5, 5.41) is 3.55. The molecule has 0 amide bonds. The molecule has 0 saturated carbocycles. The van der Waals surface area contributed by atoms with Gasteiger partial charge in [0.25, 0.3) is 0 Å². The highest BCUT2D eigenvalue weighted by molar-refractivity contribution is 9.13. The second kappa shape index (κ2) is 6.85. The zero-order chi connectivity index (χ0) is 14.0. The van der Waals surface area contributed by atoms with Crippen LogP contribution in [0.25, 0.3) is 0 Å². The van der Waals surface area contributed by atoms with Gasteiger partial charge in [-0.1, -0.05) is 35.0 Å². The Morgan fingerprint density at radius 1 is 1.16 bits per heavy atom. The van der Waals surface area contributed by atoms with E-state index in [1.54, 1.807) is 11.3 Å². The van der Waals surface area contributed by atoms with E-state index < -0.39 is 0 Å². The molecule has 102 valence electrons. The van der Waals surface area contributed by atoms with Gasteiger partial charge >= 0.3 is 0 Å². The van der Waals surface area contributed by atoms with Gasteiger partial charge in [-0.3, -0.25) is 0 Å². The highest BCUT2D eigenvalue weighted by atomic mass is 79.9.